The van der Waals surface area contributed by atoms with E-state index in [4.69, 9.17) is 4.74 Å². The van der Waals surface area contributed by atoms with Gasteiger partial charge in [0.1, 0.15) is 6.61 Å². The highest BCUT2D eigenvalue weighted by Gasteiger charge is 2.33. The number of nitrogens with zero attached hydrogens (tertiary/aromatic N) is 3. The van der Waals surface area contributed by atoms with Crippen molar-refractivity contribution in [1.29, 1.82) is 0 Å². The van der Waals surface area contributed by atoms with Gasteiger partial charge in [-0.2, -0.15) is 5.21 Å². The lowest BCUT2D eigenvalue weighted by atomic mass is 10.1. The van der Waals surface area contributed by atoms with Crippen LogP contribution in [0.2, 0.25) is 0 Å². The molecule has 3 rings (SSSR count). The Kier molecular flexibility index (Phi) is 6.45. The molecule has 12 nitrogen and oxygen atoms in total. The Morgan fingerprint density at radius 1 is 1.24 bits per heavy atom. The summed E-state index contributed by atoms with van der Waals surface area (Å²) in [6.45, 7) is 0.337. The number of rotatable bonds is 6. The second-order valence-electron chi connectivity index (χ2n) is 6.23. The number of hydrogen-bond acceptors (Lipinski definition) is 8. The minimum atomic E-state index is -1.36. The number of ketones is 1. The molecule has 1 aliphatic heterocycles. The smallest absolute Gasteiger partial charge is 0.408 e. The van der Waals surface area contributed by atoms with E-state index >= 15 is 0 Å². The van der Waals surface area contributed by atoms with Crippen molar-refractivity contribution in [2.75, 3.05) is 6.54 Å². The third kappa shape index (κ3) is 5.34. The molecule has 152 valence electrons. The lowest BCUT2D eigenvalue weighted by molar-refractivity contribution is -0.139. The van der Waals surface area contributed by atoms with Crippen LogP contribution in [0.25, 0.3) is 0 Å². The van der Waals surface area contributed by atoms with E-state index in [0.717, 1.165) is 5.56 Å². The normalized spacial score (nSPS) is 17.6. The molecule has 0 aliphatic carbocycles. The van der Waals surface area contributed by atoms with Crippen LogP contribution in [-0.2, 0) is 25.7 Å². The van der Waals surface area contributed by atoms with E-state index in [2.05, 4.69) is 36.6 Å². The van der Waals surface area contributed by atoms with Crippen molar-refractivity contribution in [1.82, 2.24) is 36.6 Å². The van der Waals surface area contributed by atoms with Crippen LogP contribution < -0.4 is 16.0 Å². The van der Waals surface area contributed by atoms with Crippen LogP contribution in [0.1, 0.15) is 30.3 Å². The molecule has 2 heterocycles. The highest BCUT2D eigenvalue weighted by Crippen LogP contribution is 2.10. The van der Waals surface area contributed by atoms with E-state index in [1.807, 2.05) is 6.07 Å². The van der Waals surface area contributed by atoms with Gasteiger partial charge in [-0.05, 0) is 18.4 Å². The fourth-order valence-electron chi connectivity index (χ4n) is 2.70. The zero-order valence-corrected chi connectivity index (χ0v) is 15.3. The van der Waals surface area contributed by atoms with E-state index in [0.29, 0.717) is 13.0 Å². The summed E-state index contributed by atoms with van der Waals surface area (Å²) in [5, 5.41) is 20.3. The molecule has 2 unspecified atom stereocenters. The number of amides is 3. The first-order valence-electron chi connectivity index (χ1n) is 8.87. The van der Waals surface area contributed by atoms with Crippen LogP contribution in [0.3, 0.4) is 0 Å². The summed E-state index contributed by atoms with van der Waals surface area (Å²) in [4.78, 5) is 48.6. The first kappa shape index (κ1) is 19.9. The average molecular weight is 401 g/mol. The number of Topliss-reactive ketones (excluding diaryl/α,β-unsaturated/α-hetero) is 1. The number of aromatic nitrogens is 4. The molecule has 1 aromatic carbocycles. The zero-order valence-electron chi connectivity index (χ0n) is 15.3. The molecule has 4 N–H and O–H groups in total. The Balaban J connectivity index is 1.65. The van der Waals surface area contributed by atoms with Gasteiger partial charge in [-0.1, -0.05) is 35.5 Å². The number of hydrogen-bond donors (Lipinski definition) is 4. The van der Waals surface area contributed by atoms with E-state index in [1.54, 1.807) is 24.3 Å². The Labute approximate surface area is 164 Å². The summed E-state index contributed by atoms with van der Waals surface area (Å²) < 4.78 is 5.11. The van der Waals surface area contributed by atoms with Crippen LogP contribution in [0.4, 0.5) is 4.79 Å². The van der Waals surface area contributed by atoms with Gasteiger partial charge in [-0.25, -0.2) is 4.79 Å². The first-order valence-corrected chi connectivity index (χ1v) is 8.87. The van der Waals surface area contributed by atoms with Crippen molar-refractivity contribution in [2.24, 2.45) is 0 Å². The SMILES string of the molecule is O=C(NC(C(=O)NC1CCCNC(=O)C1=O)c1nn[nH]n1)OCc1ccccc1. The predicted octanol–water partition coefficient (Wildman–Crippen LogP) is -0.869. The van der Waals surface area contributed by atoms with Gasteiger partial charge in [0.2, 0.25) is 11.6 Å². The number of alkyl carbamates (subject to hydrolysis) is 1. The minimum Gasteiger partial charge on any atom is -0.445 e. The molecule has 12 heteroatoms. The number of nitrogens with one attached hydrogen (secondary N) is 4. The van der Waals surface area contributed by atoms with Crippen LogP contribution in [-0.4, -0.2) is 56.9 Å². The maximum atomic E-state index is 12.7. The highest BCUT2D eigenvalue weighted by molar-refractivity contribution is 6.38. The maximum absolute atomic E-state index is 12.7. The summed E-state index contributed by atoms with van der Waals surface area (Å²) in [6, 6.07) is 6.60. The summed E-state index contributed by atoms with van der Waals surface area (Å²) in [7, 11) is 0. The number of aromatic amines is 1. The van der Waals surface area contributed by atoms with Gasteiger partial charge in [0.25, 0.3) is 11.8 Å². The molecular formula is C17H19N7O5. The molecule has 2 aromatic rings. The zero-order chi connectivity index (χ0) is 20.6. The van der Waals surface area contributed by atoms with Gasteiger partial charge in [-0.3, -0.25) is 14.4 Å². The number of H-pyrrole nitrogens is 1. The van der Waals surface area contributed by atoms with Crippen LogP contribution in [0.15, 0.2) is 30.3 Å². The molecule has 29 heavy (non-hydrogen) atoms. The Hall–Kier alpha value is -3.83. The van der Waals surface area contributed by atoms with E-state index in [1.165, 1.54) is 0 Å². The largest absolute Gasteiger partial charge is 0.445 e. The van der Waals surface area contributed by atoms with Crippen molar-refractivity contribution in [3.05, 3.63) is 41.7 Å². The van der Waals surface area contributed by atoms with Gasteiger partial charge in [0, 0.05) is 6.54 Å². The van der Waals surface area contributed by atoms with Gasteiger partial charge in [-0.15, -0.1) is 10.2 Å². The first-order chi connectivity index (χ1) is 14.0. The number of ether oxygens (including phenoxy) is 1. The monoisotopic (exact) mass is 401 g/mol. The van der Waals surface area contributed by atoms with E-state index in [9.17, 15) is 19.2 Å². The molecule has 1 saturated heterocycles. The molecule has 0 spiro atoms. The third-order valence-electron chi connectivity index (χ3n) is 4.17. The number of carbonyl (C=O) groups is 4. The lowest BCUT2D eigenvalue weighted by Crippen LogP contribution is -2.49. The predicted molar refractivity (Wildman–Crippen MR) is 95.9 cm³/mol. The van der Waals surface area contributed by atoms with Gasteiger partial charge < -0.3 is 20.7 Å². The maximum Gasteiger partial charge on any atom is 0.408 e. The fraction of sp³-hybridized carbons (Fsp3) is 0.353. The molecule has 2 atom stereocenters. The van der Waals surface area contributed by atoms with Crippen LogP contribution in [0.5, 0.6) is 0 Å². The second kappa shape index (κ2) is 9.39. The molecule has 0 saturated carbocycles. The van der Waals surface area contributed by atoms with Crippen molar-refractivity contribution in [3.63, 3.8) is 0 Å². The molecule has 1 aliphatic rings. The van der Waals surface area contributed by atoms with E-state index < -0.39 is 35.8 Å². The van der Waals surface area contributed by atoms with Crippen LogP contribution >= 0.6 is 0 Å². The average Bonchev–Trinajstić information content (AvgIpc) is 3.22. The second-order valence-corrected chi connectivity index (χ2v) is 6.23. The Morgan fingerprint density at radius 3 is 2.76 bits per heavy atom. The number of tetrazole rings is 1. The fourth-order valence-corrected chi connectivity index (χ4v) is 2.70. The number of benzene rings is 1. The van der Waals surface area contributed by atoms with Crippen molar-refractivity contribution >= 4 is 23.7 Å². The van der Waals surface area contributed by atoms with Gasteiger partial charge in [0.05, 0.1) is 6.04 Å². The molecule has 0 radical (unpaired) electrons. The number of carbonyl (C=O) groups excluding carboxylic acids is 4. The summed E-state index contributed by atoms with van der Waals surface area (Å²) in [5.41, 5.74) is 0.762. The van der Waals surface area contributed by atoms with Crippen LogP contribution in [0, 0.1) is 0 Å². The van der Waals surface area contributed by atoms with Gasteiger partial charge in [0.15, 0.2) is 6.04 Å². The standard InChI is InChI=1S/C17H19N7O5/c25-13-11(7-4-8-18-16(13)27)19-15(26)12(14-21-23-24-22-14)20-17(28)29-9-10-5-2-1-3-6-10/h1-3,5-6,11-12H,4,7-9H2,(H,18,27)(H,19,26)(H,20,28)(H,21,22,23,24). The van der Waals surface area contributed by atoms with E-state index in [-0.39, 0.29) is 18.9 Å². The van der Waals surface area contributed by atoms with Crippen molar-refractivity contribution < 1.29 is 23.9 Å². The molecule has 1 fully saturated rings. The molecule has 3 amide bonds. The van der Waals surface area contributed by atoms with Crippen molar-refractivity contribution in [3.8, 4) is 0 Å². The lowest BCUT2D eigenvalue weighted by Gasteiger charge is -2.19. The summed E-state index contributed by atoms with van der Waals surface area (Å²) in [5.74, 6) is -2.41. The molecular weight excluding hydrogens is 382 g/mol. The molecule has 1 aromatic heterocycles. The summed E-state index contributed by atoms with van der Waals surface area (Å²) >= 11 is 0. The topological polar surface area (TPSA) is 168 Å². The summed E-state index contributed by atoms with van der Waals surface area (Å²) in [6.07, 6.45) is -0.0912. The third-order valence-corrected chi connectivity index (χ3v) is 4.17. The Morgan fingerprint density at radius 2 is 2.03 bits per heavy atom. The highest BCUT2D eigenvalue weighted by atomic mass is 16.5. The Bertz CT molecular complexity index is 872. The van der Waals surface area contributed by atoms with Crippen molar-refractivity contribution in [2.45, 2.75) is 31.5 Å². The molecule has 0 bridgehead atoms. The minimum absolute atomic E-state index is 0.00542. The quantitative estimate of drug-likeness (QED) is 0.453. The van der Waals surface area contributed by atoms with Gasteiger partial charge >= 0.3 is 6.09 Å².